The van der Waals surface area contributed by atoms with Gasteiger partial charge < -0.3 is 5.73 Å². The lowest BCUT2D eigenvalue weighted by Gasteiger charge is -2.11. The Hall–Kier alpha value is -1.56. The number of hydrogen-bond donors (Lipinski definition) is 2. The molecule has 2 rings (SSSR count). The number of halogens is 1. The van der Waals surface area contributed by atoms with Gasteiger partial charge in [-0.2, -0.15) is 0 Å². The predicted molar refractivity (Wildman–Crippen MR) is 86.1 cm³/mol. The fourth-order valence-corrected chi connectivity index (χ4v) is 3.28. The SMILES string of the molecule is Cc1ccc(NS(=O)(=O)c2ccc(CN)c(Cl)c2)cc1C. The van der Waals surface area contributed by atoms with Gasteiger partial charge in [-0.05, 0) is 54.8 Å². The quantitative estimate of drug-likeness (QED) is 0.907. The van der Waals surface area contributed by atoms with Crippen molar-refractivity contribution in [3.8, 4) is 0 Å². The molecule has 3 N–H and O–H groups in total. The zero-order chi connectivity index (χ0) is 15.6. The van der Waals surface area contributed by atoms with E-state index in [-0.39, 0.29) is 11.4 Å². The molecule has 0 heterocycles. The van der Waals surface area contributed by atoms with Crippen LogP contribution in [0.3, 0.4) is 0 Å². The highest BCUT2D eigenvalue weighted by atomic mass is 35.5. The maximum absolute atomic E-state index is 12.3. The number of nitrogens with two attached hydrogens (primary N) is 1. The maximum Gasteiger partial charge on any atom is 0.261 e. The van der Waals surface area contributed by atoms with Crippen LogP contribution in [0.2, 0.25) is 5.02 Å². The molecule has 0 fully saturated rings. The van der Waals surface area contributed by atoms with E-state index in [4.69, 9.17) is 17.3 Å². The summed E-state index contributed by atoms with van der Waals surface area (Å²) < 4.78 is 27.2. The molecule has 0 unspecified atom stereocenters. The molecular weight excluding hydrogens is 308 g/mol. The Kier molecular flexibility index (Phi) is 4.56. The molecule has 0 aliphatic carbocycles. The van der Waals surface area contributed by atoms with Gasteiger partial charge >= 0.3 is 0 Å². The first kappa shape index (κ1) is 15.8. The monoisotopic (exact) mass is 324 g/mol. The maximum atomic E-state index is 12.3. The van der Waals surface area contributed by atoms with Crippen LogP contribution in [-0.4, -0.2) is 8.42 Å². The smallest absolute Gasteiger partial charge is 0.261 e. The van der Waals surface area contributed by atoms with Crippen molar-refractivity contribution >= 4 is 27.3 Å². The topological polar surface area (TPSA) is 72.2 Å². The summed E-state index contributed by atoms with van der Waals surface area (Å²) in [5, 5.41) is 0.348. The van der Waals surface area contributed by atoms with Crippen molar-refractivity contribution in [2.24, 2.45) is 5.73 Å². The van der Waals surface area contributed by atoms with Gasteiger partial charge in [0.2, 0.25) is 0 Å². The second-order valence-corrected chi connectivity index (χ2v) is 6.95. The summed E-state index contributed by atoms with van der Waals surface area (Å²) in [4.78, 5) is 0.114. The fraction of sp³-hybridized carbons (Fsp3) is 0.200. The normalized spacial score (nSPS) is 11.4. The molecule has 0 aliphatic rings. The lowest BCUT2D eigenvalue weighted by Crippen LogP contribution is -2.13. The highest BCUT2D eigenvalue weighted by Crippen LogP contribution is 2.23. The summed E-state index contributed by atoms with van der Waals surface area (Å²) in [6.45, 7) is 4.17. The molecule has 2 aromatic rings. The standard InChI is InChI=1S/C15H17ClN2O2S/c1-10-3-5-13(7-11(10)2)18-21(19,20)14-6-4-12(9-17)15(16)8-14/h3-8,18H,9,17H2,1-2H3. The first-order valence-electron chi connectivity index (χ1n) is 6.42. The Morgan fingerprint density at radius 1 is 1.10 bits per heavy atom. The van der Waals surface area contributed by atoms with E-state index >= 15 is 0 Å². The largest absolute Gasteiger partial charge is 0.326 e. The molecule has 0 amide bonds. The molecule has 0 spiro atoms. The van der Waals surface area contributed by atoms with Gasteiger partial charge in [0.1, 0.15) is 0 Å². The Labute approximate surface area is 130 Å². The molecule has 0 aromatic heterocycles. The van der Waals surface area contributed by atoms with Crippen LogP contribution in [0.15, 0.2) is 41.3 Å². The van der Waals surface area contributed by atoms with Crippen molar-refractivity contribution < 1.29 is 8.42 Å². The first-order chi connectivity index (χ1) is 9.83. The summed E-state index contributed by atoms with van der Waals surface area (Å²) in [5.41, 5.74) is 8.87. The van der Waals surface area contributed by atoms with Gasteiger partial charge in [0, 0.05) is 17.3 Å². The summed E-state index contributed by atoms with van der Waals surface area (Å²) in [6.07, 6.45) is 0. The van der Waals surface area contributed by atoms with E-state index in [0.29, 0.717) is 16.3 Å². The summed E-state index contributed by atoms with van der Waals surface area (Å²) in [7, 11) is -3.67. The minimum Gasteiger partial charge on any atom is -0.326 e. The zero-order valence-corrected chi connectivity index (χ0v) is 13.4. The average Bonchev–Trinajstić information content (AvgIpc) is 2.42. The van der Waals surface area contributed by atoms with Crippen LogP contribution in [0.5, 0.6) is 0 Å². The van der Waals surface area contributed by atoms with Gasteiger partial charge in [0.15, 0.2) is 0 Å². The second-order valence-electron chi connectivity index (χ2n) is 4.86. The van der Waals surface area contributed by atoms with Gasteiger partial charge in [-0.15, -0.1) is 0 Å². The first-order valence-corrected chi connectivity index (χ1v) is 8.28. The van der Waals surface area contributed by atoms with Crippen LogP contribution in [0.1, 0.15) is 16.7 Å². The van der Waals surface area contributed by atoms with Crippen molar-refractivity contribution in [1.29, 1.82) is 0 Å². The van der Waals surface area contributed by atoms with Crippen molar-refractivity contribution in [2.75, 3.05) is 4.72 Å². The molecule has 0 saturated carbocycles. The number of hydrogen-bond acceptors (Lipinski definition) is 3. The van der Waals surface area contributed by atoms with Crippen LogP contribution < -0.4 is 10.5 Å². The number of anilines is 1. The van der Waals surface area contributed by atoms with Crippen molar-refractivity contribution in [3.63, 3.8) is 0 Å². The van der Waals surface area contributed by atoms with E-state index < -0.39 is 10.0 Å². The average molecular weight is 325 g/mol. The van der Waals surface area contributed by atoms with E-state index in [1.807, 2.05) is 19.9 Å². The Balaban J connectivity index is 2.33. The molecule has 0 aliphatic heterocycles. The molecule has 0 atom stereocenters. The molecule has 0 saturated heterocycles. The number of rotatable bonds is 4. The Morgan fingerprint density at radius 3 is 2.38 bits per heavy atom. The van der Waals surface area contributed by atoms with Crippen molar-refractivity contribution in [2.45, 2.75) is 25.3 Å². The van der Waals surface area contributed by atoms with Gasteiger partial charge in [-0.3, -0.25) is 4.72 Å². The zero-order valence-electron chi connectivity index (χ0n) is 11.9. The van der Waals surface area contributed by atoms with Gasteiger partial charge in [0.05, 0.1) is 4.90 Å². The van der Waals surface area contributed by atoms with Crippen LogP contribution in [0.4, 0.5) is 5.69 Å². The van der Waals surface area contributed by atoms with Crippen LogP contribution in [0, 0.1) is 13.8 Å². The van der Waals surface area contributed by atoms with E-state index in [1.165, 1.54) is 12.1 Å². The summed E-state index contributed by atoms with van der Waals surface area (Å²) in [6, 6.07) is 9.93. The summed E-state index contributed by atoms with van der Waals surface area (Å²) >= 11 is 6.01. The number of aryl methyl sites for hydroxylation is 2. The van der Waals surface area contributed by atoms with Gasteiger partial charge in [0.25, 0.3) is 10.0 Å². The van der Waals surface area contributed by atoms with E-state index in [0.717, 1.165) is 11.1 Å². The Morgan fingerprint density at radius 2 is 1.81 bits per heavy atom. The molecule has 112 valence electrons. The van der Waals surface area contributed by atoms with E-state index in [2.05, 4.69) is 4.72 Å². The minimum atomic E-state index is -3.67. The van der Waals surface area contributed by atoms with Gasteiger partial charge in [-0.1, -0.05) is 23.7 Å². The number of nitrogens with one attached hydrogen (secondary N) is 1. The van der Waals surface area contributed by atoms with Gasteiger partial charge in [-0.25, -0.2) is 8.42 Å². The minimum absolute atomic E-state index is 0.114. The third kappa shape index (κ3) is 3.56. The molecule has 6 heteroatoms. The highest BCUT2D eigenvalue weighted by molar-refractivity contribution is 7.92. The molecule has 2 aromatic carbocycles. The Bertz CT molecular complexity index is 773. The lowest BCUT2D eigenvalue weighted by atomic mass is 10.1. The van der Waals surface area contributed by atoms with Crippen molar-refractivity contribution in [3.05, 3.63) is 58.1 Å². The number of sulfonamides is 1. The molecule has 0 radical (unpaired) electrons. The third-order valence-corrected chi connectivity index (χ3v) is 5.04. The summed E-state index contributed by atoms with van der Waals surface area (Å²) in [5.74, 6) is 0. The molecule has 21 heavy (non-hydrogen) atoms. The molecule has 4 nitrogen and oxygen atoms in total. The van der Waals surface area contributed by atoms with E-state index in [1.54, 1.807) is 18.2 Å². The highest BCUT2D eigenvalue weighted by Gasteiger charge is 2.16. The van der Waals surface area contributed by atoms with Crippen LogP contribution in [0.25, 0.3) is 0 Å². The van der Waals surface area contributed by atoms with Crippen molar-refractivity contribution in [1.82, 2.24) is 0 Å². The van der Waals surface area contributed by atoms with E-state index in [9.17, 15) is 8.42 Å². The van der Waals surface area contributed by atoms with Crippen LogP contribution in [-0.2, 0) is 16.6 Å². The second kappa shape index (κ2) is 6.05. The van der Waals surface area contributed by atoms with Crippen LogP contribution >= 0.6 is 11.6 Å². The lowest BCUT2D eigenvalue weighted by molar-refractivity contribution is 0.601. The molecule has 0 bridgehead atoms. The third-order valence-electron chi connectivity index (χ3n) is 3.31. The number of benzene rings is 2. The molecular formula is C15H17ClN2O2S. The predicted octanol–water partition coefficient (Wildman–Crippen LogP) is 3.22. The fourth-order valence-electron chi connectivity index (χ4n) is 1.88.